The van der Waals surface area contributed by atoms with Gasteiger partial charge in [0.1, 0.15) is 0 Å². The maximum Gasteiger partial charge on any atom is 0.223 e. The number of piperidine rings is 2. The molecule has 136 valence electrons. The molecule has 0 aromatic heterocycles. The zero-order valence-corrected chi connectivity index (χ0v) is 14.6. The van der Waals surface area contributed by atoms with Crippen molar-refractivity contribution in [3.05, 3.63) is 0 Å². The molecule has 2 heterocycles. The Morgan fingerprint density at radius 2 is 1.00 bits per heavy atom. The second kappa shape index (κ2) is 8.81. The van der Waals surface area contributed by atoms with Crippen molar-refractivity contribution < 1.29 is 9.59 Å². The Bertz CT molecular complexity index is 391. The molecule has 0 aromatic rings. The summed E-state index contributed by atoms with van der Waals surface area (Å²) in [6, 6.07) is 0.207. The molecule has 6 nitrogen and oxygen atoms in total. The first-order valence-corrected chi connectivity index (χ1v) is 9.76. The molecule has 0 aromatic carbocycles. The van der Waals surface area contributed by atoms with Crippen molar-refractivity contribution in [2.75, 3.05) is 26.2 Å². The van der Waals surface area contributed by atoms with Gasteiger partial charge in [-0.3, -0.25) is 9.59 Å². The van der Waals surface area contributed by atoms with Crippen LogP contribution in [0, 0.1) is 11.8 Å². The zero-order chi connectivity index (χ0) is 16.8. The third-order valence-electron chi connectivity index (χ3n) is 5.84. The van der Waals surface area contributed by atoms with Crippen LogP contribution >= 0.6 is 0 Å². The van der Waals surface area contributed by atoms with Crippen LogP contribution in [0.2, 0.25) is 0 Å². The molecule has 0 bridgehead atoms. The van der Waals surface area contributed by atoms with E-state index in [1.807, 2.05) is 0 Å². The monoisotopic (exact) mass is 336 g/mol. The number of hydrogen-bond acceptors (Lipinski definition) is 4. The fourth-order valence-electron chi connectivity index (χ4n) is 4.25. The molecule has 3 aliphatic rings. The minimum Gasteiger partial charge on any atom is -0.351 e. The summed E-state index contributed by atoms with van der Waals surface area (Å²) in [7, 11) is 0. The molecular weight excluding hydrogens is 304 g/mol. The summed E-state index contributed by atoms with van der Waals surface area (Å²) in [5, 5.41) is 13.1. The van der Waals surface area contributed by atoms with Gasteiger partial charge >= 0.3 is 0 Å². The third kappa shape index (κ3) is 4.70. The first kappa shape index (κ1) is 17.7. The summed E-state index contributed by atoms with van der Waals surface area (Å²) in [6.07, 6.45) is 7.92. The van der Waals surface area contributed by atoms with Crippen LogP contribution in [0.5, 0.6) is 0 Å². The van der Waals surface area contributed by atoms with Crippen LogP contribution in [0.15, 0.2) is 0 Å². The first-order valence-electron chi connectivity index (χ1n) is 9.76. The number of amides is 2. The van der Waals surface area contributed by atoms with Crippen molar-refractivity contribution in [1.29, 1.82) is 0 Å². The van der Waals surface area contributed by atoms with Crippen LogP contribution in [0.3, 0.4) is 0 Å². The Morgan fingerprint density at radius 1 is 0.625 bits per heavy atom. The van der Waals surface area contributed by atoms with E-state index in [-0.39, 0.29) is 35.7 Å². The fourth-order valence-corrected chi connectivity index (χ4v) is 4.25. The van der Waals surface area contributed by atoms with E-state index in [4.69, 9.17) is 0 Å². The molecule has 24 heavy (non-hydrogen) atoms. The molecule has 4 N–H and O–H groups in total. The smallest absolute Gasteiger partial charge is 0.223 e. The molecule has 1 saturated carbocycles. The average Bonchev–Trinajstić information content (AvgIpc) is 2.64. The highest BCUT2D eigenvalue weighted by atomic mass is 16.2. The highest BCUT2D eigenvalue weighted by Crippen LogP contribution is 2.22. The number of nitrogens with one attached hydrogen (secondary N) is 4. The SMILES string of the molecule is O=C(NC1CCCCC1NC(=O)C1CCNCC1)C1CCNCC1. The van der Waals surface area contributed by atoms with Crippen LogP contribution in [0.1, 0.15) is 51.4 Å². The van der Waals surface area contributed by atoms with Gasteiger partial charge in [0.05, 0.1) is 0 Å². The predicted octanol–water partition coefficient (Wildman–Crippen LogP) is 0.529. The van der Waals surface area contributed by atoms with Crippen LogP contribution in [-0.4, -0.2) is 50.1 Å². The second-order valence-corrected chi connectivity index (χ2v) is 7.56. The molecule has 1 aliphatic carbocycles. The van der Waals surface area contributed by atoms with Crippen LogP contribution in [0.25, 0.3) is 0 Å². The molecule has 0 spiro atoms. The van der Waals surface area contributed by atoms with E-state index in [0.717, 1.165) is 77.5 Å². The predicted molar refractivity (Wildman–Crippen MR) is 93.5 cm³/mol. The summed E-state index contributed by atoms with van der Waals surface area (Å²) in [4.78, 5) is 25.1. The van der Waals surface area contributed by atoms with Gasteiger partial charge in [0.2, 0.25) is 11.8 Å². The van der Waals surface area contributed by atoms with Gasteiger partial charge in [0.25, 0.3) is 0 Å². The lowest BCUT2D eigenvalue weighted by atomic mass is 9.88. The molecule has 6 heteroatoms. The number of hydrogen-bond donors (Lipinski definition) is 4. The van der Waals surface area contributed by atoms with Gasteiger partial charge in [-0.25, -0.2) is 0 Å². The van der Waals surface area contributed by atoms with E-state index in [1.54, 1.807) is 0 Å². The fraction of sp³-hybridized carbons (Fsp3) is 0.889. The van der Waals surface area contributed by atoms with E-state index in [1.165, 1.54) is 0 Å². The lowest BCUT2D eigenvalue weighted by molar-refractivity contribution is -0.129. The minimum atomic E-state index is 0.104. The molecule has 2 saturated heterocycles. The Morgan fingerprint density at radius 3 is 1.38 bits per heavy atom. The van der Waals surface area contributed by atoms with Gasteiger partial charge in [-0.2, -0.15) is 0 Å². The van der Waals surface area contributed by atoms with E-state index < -0.39 is 0 Å². The molecule has 2 amide bonds. The largest absolute Gasteiger partial charge is 0.351 e. The summed E-state index contributed by atoms with van der Waals surface area (Å²) >= 11 is 0. The second-order valence-electron chi connectivity index (χ2n) is 7.56. The topological polar surface area (TPSA) is 82.3 Å². The van der Waals surface area contributed by atoms with E-state index >= 15 is 0 Å². The highest BCUT2D eigenvalue weighted by Gasteiger charge is 2.32. The quantitative estimate of drug-likeness (QED) is 0.604. The Kier molecular flexibility index (Phi) is 6.49. The van der Waals surface area contributed by atoms with E-state index in [9.17, 15) is 9.59 Å². The maximum absolute atomic E-state index is 12.5. The summed E-state index contributed by atoms with van der Waals surface area (Å²) in [6.45, 7) is 3.72. The number of carbonyl (C=O) groups is 2. The lowest BCUT2D eigenvalue weighted by Gasteiger charge is -2.35. The molecule has 0 radical (unpaired) electrons. The Labute approximate surface area is 144 Å². The Balaban J connectivity index is 1.52. The summed E-state index contributed by atoms with van der Waals surface area (Å²) in [5.74, 6) is 0.636. The number of rotatable bonds is 4. The van der Waals surface area contributed by atoms with Crippen LogP contribution < -0.4 is 21.3 Å². The molecule has 2 atom stereocenters. The van der Waals surface area contributed by atoms with Crippen molar-refractivity contribution >= 4 is 11.8 Å². The molecule has 2 unspecified atom stereocenters. The maximum atomic E-state index is 12.5. The van der Waals surface area contributed by atoms with Gasteiger partial charge in [0.15, 0.2) is 0 Å². The zero-order valence-electron chi connectivity index (χ0n) is 14.6. The van der Waals surface area contributed by atoms with Crippen molar-refractivity contribution in [2.24, 2.45) is 11.8 Å². The first-order chi connectivity index (χ1) is 11.7. The Hall–Kier alpha value is -1.14. The summed E-state index contributed by atoms with van der Waals surface area (Å²) in [5.41, 5.74) is 0. The standard InChI is InChI=1S/C18H32N4O2/c23-17(13-5-9-19-10-6-13)21-15-3-1-2-4-16(15)22-18(24)14-7-11-20-12-8-14/h13-16,19-20H,1-12H2,(H,21,23)(H,22,24). The van der Waals surface area contributed by atoms with Crippen molar-refractivity contribution in [3.63, 3.8) is 0 Å². The molecule has 2 aliphatic heterocycles. The number of carbonyl (C=O) groups excluding carboxylic acids is 2. The summed E-state index contributed by atoms with van der Waals surface area (Å²) < 4.78 is 0. The normalized spacial score (nSPS) is 29.8. The molecule has 3 fully saturated rings. The molecular formula is C18H32N4O2. The molecule has 3 rings (SSSR count). The highest BCUT2D eigenvalue weighted by molar-refractivity contribution is 5.80. The van der Waals surface area contributed by atoms with Crippen molar-refractivity contribution in [3.8, 4) is 0 Å². The van der Waals surface area contributed by atoms with Gasteiger partial charge in [-0.15, -0.1) is 0 Å². The van der Waals surface area contributed by atoms with Crippen LogP contribution in [-0.2, 0) is 9.59 Å². The van der Waals surface area contributed by atoms with Gasteiger partial charge in [-0.1, -0.05) is 12.8 Å². The minimum absolute atomic E-state index is 0.104. The van der Waals surface area contributed by atoms with Crippen LogP contribution in [0.4, 0.5) is 0 Å². The van der Waals surface area contributed by atoms with Gasteiger partial charge in [0, 0.05) is 23.9 Å². The lowest BCUT2D eigenvalue weighted by Crippen LogP contribution is -2.56. The van der Waals surface area contributed by atoms with Crippen molar-refractivity contribution in [1.82, 2.24) is 21.3 Å². The van der Waals surface area contributed by atoms with Gasteiger partial charge < -0.3 is 21.3 Å². The van der Waals surface area contributed by atoms with Gasteiger partial charge in [-0.05, 0) is 64.7 Å². The average molecular weight is 336 g/mol. The van der Waals surface area contributed by atoms with Crippen molar-refractivity contribution in [2.45, 2.75) is 63.5 Å². The third-order valence-corrected chi connectivity index (χ3v) is 5.84. The van der Waals surface area contributed by atoms with E-state index in [2.05, 4.69) is 21.3 Å². The van der Waals surface area contributed by atoms with E-state index in [0.29, 0.717) is 0 Å².